The van der Waals surface area contributed by atoms with Crippen molar-refractivity contribution < 1.29 is 65.5 Å². The Labute approximate surface area is 299 Å². The number of hydrogen-bond acceptors (Lipinski definition) is 10. The van der Waals surface area contributed by atoms with Gasteiger partial charge in [0.1, 0.15) is 11.5 Å². The molecule has 3 heterocycles. The summed E-state index contributed by atoms with van der Waals surface area (Å²) >= 11 is 0. The van der Waals surface area contributed by atoms with Gasteiger partial charge in [-0.3, -0.25) is 14.5 Å². The van der Waals surface area contributed by atoms with E-state index in [2.05, 4.69) is 15.0 Å². The van der Waals surface area contributed by atoms with Crippen LogP contribution in [-0.2, 0) is 39.5 Å². The molecule has 2 atom stereocenters. The second kappa shape index (κ2) is 17.1. The summed E-state index contributed by atoms with van der Waals surface area (Å²) in [6.07, 6.45) is -10.4. The molecule has 1 aromatic carbocycles. The summed E-state index contributed by atoms with van der Waals surface area (Å²) in [6, 6.07) is 4.38. The monoisotopic (exact) mass is 760 g/mol. The Bertz CT molecular complexity index is 1740. The Morgan fingerprint density at radius 3 is 1.98 bits per heavy atom. The highest BCUT2D eigenvalue weighted by atomic mass is 19.4. The summed E-state index contributed by atoms with van der Waals surface area (Å²) in [5.74, 6) is -2.48. The maximum Gasteiger partial charge on any atom is 0.416 e. The van der Waals surface area contributed by atoms with Crippen LogP contribution in [0.4, 0.5) is 42.5 Å². The van der Waals surface area contributed by atoms with E-state index in [1.54, 1.807) is 25.9 Å². The van der Waals surface area contributed by atoms with Crippen LogP contribution >= 0.6 is 0 Å². The normalized spacial score (nSPS) is 17.0. The van der Waals surface area contributed by atoms with E-state index in [0.717, 1.165) is 4.90 Å². The highest BCUT2D eigenvalue weighted by molar-refractivity contribution is 5.89. The van der Waals surface area contributed by atoms with Gasteiger partial charge in [0.05, 0.1) is 79.2 Å². The second-order valence-electron chi connectivity index (χ2n) is 12.0. The molecule has 0 fully saturated rings. The Morgan fingerprint density at radius 2 is 1.53 bits per heavy atom. The summed E-state index contributed by atoms with van der Waals surface area (Å²) in [7, 11) is 4.64. The van der Waals surface area contributed by atoms with Crippen LogP contribution in [-0.4, -0.2) is 88.4 Å². The van der Waals surface area contributed by atoms with E-state index in [0.29, 0.717) is 23.5 Å². The molecule has 0 bridgehead atoms. The summed E-state index contributed by atoms with van der Waals surface area (Å²) in [6.45, 7) is 1.83. The summed E-state index contributed by atoms with van der Waals surface area (Å²) < 4.78 is 90.9. The fourth-order valence-corrected chi connectivity index (χ4v) is 5.53. The molecular weight excluding hydrogens is 722 g/mol. The molecule has 0 aliphatic carbocycles. The average molecular weight is 761 g/mol. The molecule has 1 amide bonds. The van der Waals surface area contributed by atoms with Crippen molar-refractivity contribution in [2.45, 2.75) is 63.0 Å². The molecule has 3 aromatic rings. The molecule has 53 heavy (non-hydrogen) atoms. The minimum atomic E-state index is -5.01. The molecule has 4 rings (SSSR count). The number of anilines is 2. The van der Waals surface area contributed by atoms with Gasteiger partial charge in [-0.2, -0.15) is 26.3 Å². The number of amides is 1. The number of methoxy groups -OCH3 is 1. The standard InChI is InChI=1S/C27H28F6N6O3.C6H10O5/c1-5-25(34)17(12-19-20(39(25)24(40)41)6-7-22(36-19)42-4)23-35-13-21(38(2)3)18(37-23)10-14-8-15(26(28,29)30)11-16(9-14)27(31,32)33;7-5(8)1-3-11-4-2-6(9)10/h6-9,11,13,17H,5,10,12,34H2,1-4H3,(H,40,41);1-4H2,(H,7,8)(H,9,10). The number of nitrogens with zero attached hydrogens (tertiary/aromatic N) is 5. The van der Waals surface area contributed by atoms with Gasteiger partial charge in [0.15, 0.2) is 0 Å². The minimum Gasteiger partial charge on any atom is -0.481 e. The van der Waals surface area contributed by atoms with Crippen molar-refractivity contribution in [1.29, 1.82) is 0 Å². The SMILES string of the molecule is CCC1(N)C(c2ncc(N(C)C)c(Cc3cc(C(F)(F)F)cc(C(F)(F)F)c3)n2)Cc2nc(OC)ccc2N1C(=O)O.O=C(O)CCOCCC(=O)O. The van der Waals surface area contributed by atoms with Crippen LogP contribution in [0.1, 0.15) is 66.0 Å². The predicted molar refractivity (Wildman–Crippen MR) is 176 cm³/mol. The topological polar surface area (TPSA) is 202 Å². The van der Waals surface area contributed by atoms with Crippen LogP contribution in [0.2, 0.25) is 0 Å². The first-order valence-corrected chi connectivity index (χ1v) is 15.8. The number of carbonyl (C=O) groups is 3. The van der Waals surface area contributed by atoms with Crippen LogP contribution in [0.5, 0.6) is 5.88 Å². The first-order chi connectivity index (χ1) is 24.6. The van der Waals surface area contributed by atoms with E-state index in [9.17, 15) is 45.8 Å². The zero-order valence-electron chi connectivity index (χ0n) is 29.0. The Balaban J connectivity index is 0.000000595. The number of aliphatic carboxylic acids is 2. The third-order valence-corrected chi connectivity index (χ3v) is 8.15. The lowest BCUT2D eigenvalue weighted by atomic mass is 9.80. The average Bonchev–Trinajstić information content (AvgIpc) is 3.06. The third-order valence-electron chi connectivity index (χ3n) is 8.15. The van der Waals surface area contributed by atoms with Crippen LogP contribution in [0.15, 0.2) is 36.5 Å². The van der Waals surface area contributed by atoms with Crippen LogP contribution < -0.4 is 20.3 Å². The van der Waals surface area contributed by atoms with Gasteiger partial charge in [-0.05, 0) is 36.2 Å². The van der Waals surface area contributed by atoms with Crippen molar-refractivity contribution in [3.8, 4) is 5.88 Å². The number of carboxylic acid groups (broad SMARTS) is 3. The molecule has 1 aliphatic rings. The number of ether oxygens (including phenoxy) is 2. The minimum absolute atomic E-state index is 0.0597. The van der Waals surface area contributed by atoms with Gasteiger partial charge in [0.25, 0.3) is 0 Å². The van der Waals surface area contributed by atoms with Gasteiger partial charge < -0.3 is 35.4 Å². The third kappa shape index (κ3) is 10.7. The van der Waals surface area contributed by atoms with E-state index < -0.39 is 59.5 Å². The zero-order chi connectivity index (χ0) is 39.9. The lowest BCUT2D eigenvalue weighted by Gasteiger charge is -2.47. The Kier molecular flexibility index (Phi) is 13.6. The molecule has 0 radical (unpaired) electrons. The number of aromatic nitrogens is 3. The molecule has 2 aromatic heterocycles. The maximum atomic E-state index is 13.5. The van der Waals surface area contributed by atoms with E-state index in [-0.39, 0.29) is 73.6 Å². The van der Waals surface area contributed by atoms with Crippen molar-refractivity contribution in [1.82, 2.24) is 15.0 Å². The predicted octanol–water partition coefficient (Wildman–Crippen LogP) is 5.42. The Hall–Kier alpha value is -5.24. The number of benzene rings is 1. The number of alkyl halides is 6. The molecular formula is C33H38F6N6O8. The van der Waals surface area contributed by atoms with Gasteiger partial charge in [-0.1, -0.05) is 6.92 Å². The molecule has 5 N–H and O–H groups in total. The smallest absolute Gasteiger partial charge is 0.416 e. The number of fused-ring (bicyclic) bond motifs is 1. The first kappa shape index (κ1) is 42.2. The van der Waals surface area contributed by atoms with Gasteiger partial charge in [0, 0.05) is 33.0 Å². The molecule has 2 unspecified atom stereocenters. The van der Waals surface area contributed by atoms with E-state index in [4.69, 9.17) is 25.4 Å². The van der Waals surface area contributed by atoms with Crippen molar-refractivity contribution in [3.05, 3.63) is 70.4 Å². The fraction of sp³-hybridized carbons (Fsp3) is 0.455. The zero-order valence-corrected chi connectivity index (χ0v) is 29.0. The van der Waals surface area contributed by atoms with E-state index in [1.165, 1.54) is 25.4 Å². The first-order valence-electron chi connectivity index (χ1n) is 15.8. The molecule has 0 saturated heterocycles. The van der Waals surface area contributed by atoms with Crippen molar-refractivity contribution in [3.63, 3.8) is 0 Å². The largest absolute Gasteiger partial charge is 0.481 e. The quantitative estimate of drug-likeness (QED) is 0.135. The summed E-state index contributed by atoms with van der Waals surface area (Å²) in [4.78, 5) is 48.2. The number of pyridine rings is 1. The molecule has 0 spiro atoms. The number of carboxylic acids is 2. The van der Waals surface area contributed by atoms with Gasteiger partial charge in [-0.15, -0.1) is 0 Å². The summed E-state index contributed by atoms with van der Waals surface area (Å²) in [5.41, 5.74) is 3.08. The molecule has 20 heteroatoms. The number of rotatable bonds is 12. The van der Waals surface area contributed by atoms with Gasteiger partial charge in [0.2, 0.25) is 5.88 Å². The number of halogens is 6. The lowest BCUT2D eigenvalue weighted by molar-refractivity contribution is -0.143. The van der Waals surface area contributed by atoms with Crippen molar-refractivity contribution in [2.75, 3.05) is 44.2 Å². The number of hydrogen-bond donors (Lipinski definition) is 4. The van der Waals surface area contributed by atoms with E-state index in [1.807, 2.05) is 0 Å². The van der Waals surface area contributed by atoms with E-state index >= 15 is 0 Å². The second-order valence-corrected chi connectivity index (χ2v) is 12.0. The highest BCUT2D eigenvalue weighted by Crippen LogP contribution is 2.44. The van der Waals surface area contributed by atoms with Gasteiger partial charge >= 0.3 is 30.4 Å². The molecule has 0 saturated carbocycles. The highest BCUT2D eigenvalue weighted by Gasteiger charge is 2.50. The molecule has 1 aliphatic heterocycles. The van der Waals surface area contributed by atoms with Crippen molar-refractivity contribution >= 4 is 29.4 Å². The van der Waals surface area contributed by atoms with Crippen LogP contribution in [0.25, 0.3) is 0 Å². The van der Waals surface area contributed by atoms with Gasteiger partial charge in [-0.25, -0.2) is 19.7 Å². The fourth-order valence-electron chi connectivity index (χ4n) is 5.53. The maximum absolute atomic E-state index is 13.5. The summed E-state index contributed by atoms with van der Waals surface area (Å²) in [5, 5.41) is 26.4. The lowest BCUT2D eigenvalue weighted by Crippen LogP contribution is -2.64. The molecule has 290 valence electrons. The van der Waals surface area contributed by atoms with Crippen molar-refractivity contribution in [2.24, 2.45) is 5.73 Å². The molecule has 14 nitrogen and oxygen atoms in total. The Morgan fingerprint density at radius 1 is 0.962 bits per heavy atom. The number of nitrogens with two attached hydrogens (primary N) is 1. The van der Waals surface area contributed by atoms with Crippen LogP contribution in [0, 0.1) is 0 Å². The van der Waals surface area contributed by atoms with Crippen LogP contribution in [0.3, 0.4) is 0 Å².